The van der Waals surface area contributed by atoms with Gasteiger partial charge in [-0.1, -0.05) is 64.7 Å². The van der Waals surface area contributed by atoms with Crippen molar-refractivity contribution in [2.24, 2.45) is 0 Å². The quantitative estimate of drug-likeness (QED) is 0.279. The smallest absolute Gasteiger partial charge is 0.319 e. The van der Waals surface area contributed by atoms with E-state index in [2.05, 4.69) is 12.2 Å². The molecule has 0 rings (SSSR count). The van der Waals surface area contributed by atoms with Gasteiger partial charge >= 0.3 is 5.97 Å². The molecular weight excluding hydrogens is 274 g/mol. The Hall–Kier alpha value is -0.280. The van der Waals surface area contributed by atoms with Crippen LogP contribution in [0.1, 0.15) is 71.1 Å². The predicted octanol–water partition coefficient (Wildman–Crippen LogP) is 4.28. The average Bonchev–Trinajstić information content (AvgIpc) is 2.46. The van der Waals surface area contributed by atoms with Gasteiger partial charge in [0.1, 0.15) is 6.61 Å². The summed E-state index contributed by atoms with van der Waals surface area (Å²) in [4.78, 5) is 11.1. The van der Waals surface area contributed by atoms with Crippen molar-refractivity contribution in [3.63, 3.8) is 0 Å². The zero-order chi connectivity index (χ0) is 14.9. The molecule has 0 aromatic carbocycles. The summed E-state index contributed by atoms with van der Waals surface area (Å²) in [5.74, 6) is 0.155. The molecule has 0 fully saturated rings. The van der Waals surface area contributed by atoms with Crippen LogP contribution in [0.2, 0.25) is 0 Å². The standard InChI is InChI=1S/C16H32ClNO2/c1-2-3-4-5-6-7-8-9-10-11-13-18-15-16(19)20-14-12-17/h18H,2-15H2,1H3. The second kappa shape index (κ2) is 16.8. The molecule has 0 aliphatic rings. The van der Waals surface area contributed by atoms with Gasteiger partial charge in [0.2, 0.25) is 0 Å². The van der Waals surface area contributed by atoms with E-state index in [9.17, 15) is 4.79 Å². The minimum Gasteiger partial charge on any atom is -0.463 e. The van der Waals surface area contributed by atoms with Crippen LogP contribution in [0.4, 0.5) is 0 Å². The molecule has 0 bridgehead atoms. The summed E-state index contributed by atoms with van der Waals surface area (Å²) in [6.07, 6.45) is 13.3. The van der Waals surface area contributed by atoms with Crippen molar-refractivity contribution in [2.45, 2.75) is 71.1 Å². The third-order valence-electron chi connectivity index (χ3n) is 3.32. The first-order valence-corrected chi connectivity index (χ1v) is 8.77. The molecule has 0 aliphatic carbocycles. The van der Waals surface area contributed by atoms with E-state index in [0.717, 1.165) is 13.0 Å². The van der Waals surface area contributed by atoms with Gasteiger partial charge in [-0.25, -0.2) is 0 Å². The van der Waals surface area contributed by atoms with E-state index in [1.165, 1.54) is 57.8 Å². The number of rotatable bonds is 15. The molecule has 0 radical (unpaired) electrons. The number of hydrogen-bond acceptors (Lipinski definition) is 3. The van der Waals surface area contributed by atoms with Crippen LogP contribution in [0.15, 0.2) is 0 Å². The predicted molar refractivity (Wildman–Crippen MR) is 86.4 cm³/mol. The molecule has 1 N–H and O–H groups in total. The first-order valence-electron chi connectivity index (χ1n) is 8.23. The highest BCUT2D eigenvalue weighted by atomic mass is 35.5. The lowest BCUT2D eigenvalue weighted by Crippen LogP contribution is -2.26. The molecule has 0 heterocycles. The average molecular weight is 306 g/mol. The zero-order valence-electron chi connectivity index (χ0n) is 13.1. The van der Waals surface area contributed by atoms with Crippen molar-refractivity contribution in [1.82, 2.24) is 5.32 Å². The van der Waals surface area contributed by atoms with E-state index in [0.29, 0.717) is 19.0 Å². The third kappa shape index (κ3) is 15.8. The third-order valence-corrected chi connectivity index (χ3v) is 3.47. The first kappa shape index (κ1) is 19.7. The fraction of sp³-hybridized carbons (Fsp3) is 0.938. The van der Waals surface area contributed by atoms with Crippen LogP contribution < -0.4 is 5.32 Å². The molecule has 0 aromatic rings. The maximum absolute atomic E-state index is 11.1. The van der Waals surface area contributed by atoms with Crippen molar-refractivity contribution >= 4 is 17.6 Å². The molecular formula is C16H32ClNO2. The Kier molecular flexibility index (Phi) is 16.5. The summed E-state index contributed by atoms with van der Waals surface area (Å²) < 4.78 is 4.86. The van der Waals surface area contributed by atoms with E-state index in [-0.39, 0.29) is 5.97 Å². The Balaban J connectivity index is 3.04. The number of carbonyl (C=O) groups is 1. The summed E-state index contributed by atoms with van der Waals surface area (Å²) >= 11 is 5.43. The summed E-state index contributed by atoms with van der Waals surface area (Å²) in [6.45, 7) is 3.76. The lowest BCUT2D eigenvalue weighted by atomic mass is 10.1. The second-order valence-electron chi connectivity index (χ2n) is 5.27. The van der Waals surface area contributed by atoms with Crippen LogP contribution in [-0.2, 0) is 9.53 Å². The van der Waals surface area contributed by atoms with E-state index in [4.69, 9.17) is 16.3 Å². The van der Waals surface area contributed by atoms with Crippen LogP contribution in [-0.4, -0.2) is 31.5 Å². The minimum atomic E-state index is -0.210. The van der Waals surface area contributed by atoms with Crippen LogP contribution in [0.5, 0.6) is 0 Å². The topological polar surface area (TPSA) is 38.3 Å². The molecule has 0 spiro atoms. The van der Waals surface area contributed by atoms with Crippen molar-refractivity contribution in [1.29, 1.82) is 0 Å². The number of carbonyl (C=O) groups excluding carboxylic acids is 1. The van der Waals surface area contributed by atoms with Gasteiger partial charge in [-0.15, -0.1) is 11.6 Å². The highest BCUT2D eigenvalue weighted by molar-refractivity contribution is 6.18. The van der Waals surface area contributed by atoms with Crippen LogP contribution in [0.3, 0.4) is 0 Å². The molecule has 3 nitrogen and oxygen atoms in total. The number of hydrogen-bond donors (Lipinski definition) is 1. The van der Waals surface area contributed by atoms with Gasteiger partial charge in [-0.05, 0) is 13.0 Å². The van der Waals surface area contributed by atoms with Crippen LogP contribution >= 0.6 is 11.6 Å². The SMILES string of the molecule is CCCCCCCCCCCCNCC(=O)OCCCl. The van der Waals surface area contributed by atoms with Crippen molar-refractivity contribution in [3.8, 4) is 0 Å². The fourth-order valence-electron chi connectivity index (χ4n) is 2.13. The molecule has 0 saturated carbocycles. The number of esters is 1. The first-order chi connectivity index (χ1) is 9.81. The van der Waals surface area contributed by atoms with E-state index < -0.39 is 0 Å². The number of halogens is 1. The number of unbranched alkanes of at least 4 members (excludes halogenated alkanes) is 9. The van der Waals surface area contributed by atoms with Gasteiger partial charge in [0.25, 0.3) is 0 Å². The highest BCUT2D eigenvalue weighted by Gasteiger charge is 2.00. The Morgan fingerprint density at radius 1 is 0.950 bits per heavy atom. The number of ether oxygens (including phenoxy) is 1. The van der Waals surface area contributed by atoms with Gasteiger partial charge < -0.3 is 10.1 Å². The molecule has 0 unspecified atom stereocenters. The van der Waals surface area contributed by atoms with Gasteiger partial charge in [0.15, 0.2) is 0 Å². The minimum absolute atomic E-state index is 0.210. The summed E-state index contributed by atoms with van der Waals surface area (Å²) in [7, 11) is 0. The van der Waals surface area contributed by atoms with Crippen molar-refractivity contribution < 1.29 is 9.53 Å². The maximum Gasteiger partial charge on any atom is 0.319 e. The molecule has 0 saturated heterocycles. The van der Waals surface area contributed by atoms with Crippen LogP contribution in [0.25, 0.3) is 0 Å². The van der Waals surface area contributed by atoms with Crippen LogP contribution in [0, 0.1) is 0 Å². The Morgan fingerprint density at radius 3 is 2.05 bits per heavy atom. The van der Waals surface area contributed by atoms with Gasteiger partial charge in [-0.2, -0.15) is 0 Å². The van der Waals surface area contributed by atoms with E-state index in [1.807, 2.05) is 0 Å². The van der Waals surface area contributed by atoms with Crippen molar-refractivity contribution in [2.75, 3.05) is 25.6 Å². The molecule has 120 valence electrons. The molecule has 0 amide bonds. The Labute approximate surface area is 129 Å². The summed E-state index contributed by atoms with van der Waals surface area (Å²) in [5, 5.41) is 3.10. The van der Waals surface area contributed by atoms with E-state index >= 15 is 0 Å². The zero-order valence-corrected chi connectivity index (χ0v) is 13.8. The lowest BCUT2D eigenvalue weighted by Gasteiger charge is -2.05. The van der Waals surface area contributed by atoms with Gasteiger partial charge in [-0.3, -0.25) is 4.79 Å². The lowest BCUT2D eigenvalue weighted by molar-refractivity contribution is -0.141. The van der Waals surface area contributed by atoms with Gasteiger partial charge in [0, 0.05) is 0 Å². The van der Waals surface area contributed by atoms with Gasteiger partial charge in [0.05, 0.1) is 12.4 Å². The molecule has 4 heteroatoms. The largest absolute Gasteiger partial charge is 0.463 e. The second-order valence-corrected chi connectivity index (χ2v) is 5.65. The Bertz CT molecular complexity index is 213. The monoisotopic (exact) mass is 305 g/mol. The molecule has 20 heavy (non-hydrogen) atoms. The highest BCUT2D eigenvalue weighted by Crippen LogP contribution is 2.10. The summed E-state index contributed by atoms with van der Waals surface area (Å²) in [5.41, 5.74) is 0. The molecule has 0 atom stereocenters. The summed E-state index contributed by atoms with van der Waals surface area (Å²) in [6, 6.07) is 0. The normalized spacial score (nSPS) is 10.7. The Morgan fingerprint density at radius 2 is 1.50 bits per heavy atom. The number of alkyl halides is 1. The van der Waals surface area contributed by atoms with Crippen molar-refractivity contribution in [3.05, 3.63) is 0 Å². The maximum atomic E-state index is 11.1. The number of nitrogens with one attached hydrogen (secondary N) is 1. The van der Waals surface area contributed by atoms with E-state index in [1.54, 1.807) is 0 Å². The molecule has 0 aliphatic heterocycles. The fourth-order valence-corrected chi connectivity index (χ4v) is 2.21. The molecule has 0 aromatic heterocycles.